The topological polar surface area (TPSA) is 53.7 Å². The molecule has 158 valence electrons. The van der Waals surface area contributed by atoms with Crippen LogP contribution in [0.25, 0.3) is 0 Å². The third-order valence-electron chi connectivity index (χ3n) is 4.40. The smallest absolute Gasteiger partial charge is 0.0527 e. The summed E-state index contributed by atoms with van der Waals surface area (Å²) in [7, 11) is 0.609. The lowest BCUT2D eigenvalue weighted by molar-refractivity contribution is 0.118. The Labute approximate surface area is 165 Å². The molecule has 0 amide bonds. The van der Waals surface area contributed by atoms with Gasteiger partial charge in [-0.1, -0.05) is 57.8 Å². The van der Waals surface area contributed by atoms with Gasteiger partial charge >= 0.3 is 0 Å². The van der Waals surface area contributed by atoms with Crippen molar-refractivity contribution in [1.29, 1.82) is 0 Å². The van der Waals surface area contributed by atoms with Crippen LogP contribution in [0.2, 0.25) is 0 Å². The fourth-order valence-electron chi connectivity index (χ4n) is 2.80. The van der Waals surface area contributed by atoms with E-state index in [2.05, 4.69) is 6.92 Å². The van der Waals surface area contributed by atoms with Crippen molar-refractivity contribution in [2.75, 3.05) is 45.7 Å². The molecule has 0 rings (SSSR count). The van der Waals surface area contributed by atoms with Gasteiger partial charge in [-0.2, -0.15) is 0 Å². The molecule has 26 heavy (non-hydrogen) atoms. The zero-order chi connectivity index (χ0) is 19.0. The molecule has 4 nitrogen and oxygen atoms in total. The second kappa shape index (κ2) is 25.3. The predicted octanol–water partition coefficient (Wildman–Crippen LogP) is 5.68. The second-order valence-electron chi connectivity index (χ2n) is 6.94. The van der Waals surface area contributed by atoms with Crippen molar-refractivity contribution < 1.29 is 14.0 Å². The number of hydrogen-bond acceptors (Lipinski definition) is 4. The molecule has 1 atom stereocenters. The molecule has 0 heterocycles. The van der Waals surface area contributed by atoms with Crippen molar-refractivity contribution >= 4 is 8.81 Å². The summed E-state index contributed by atoms with van der Waals surface area (Å²) in [5.41, 5.74) is 5.44. The highest BCUT2D eigenvalue weighted by atomic mass is 31.1. The number of nitrogens with two attached hydrogens (primary N) is 1. The molecule has 0 fully saturated rings. The first-order valence-electron chi connectivity index (χ1n) is 11.1. The van der Waals surface area contributed by atoms with Crippen molar-refractivity contribution in [3.05, 3.63) is 0 Å². The van der Waals surface area contributed by atoms with E-state index >= 15 is 0 Å². The average Bonchev–Trinajstić information content (AvgIpc) is 2.66. The SMILES string of the molecule is CCOCCCCCCCCCCCCCOCCCOPCCCN. The van der Waals surface area contributed by atoms with Crippen LogP contribution in [-0.4, -0.2) is 45.7 Å². The first-order valence-corrected chi connectivity index (χ1v) is 12.2. The molecule has 0 bridgehead atoms. The number of unbranched alkanes of at least 4 members (excludes halogenated alkanes) is 10. The normalized spacial score (nSPS) is 11.8. The molecule has 1 unspecified atom stereocenters. The van der Waals surface area contributed by atoms with Gasteiger partial charge in [-0.25, -0.2) is 0 Å². The van der Waals surface area contributed by atoms with Crippen LogP contribution >= 0.6 is 8.81 Å². The maximum absolute atomic E-state index is 5.66. The van der Waals surface area contributed by atoms with Crippen LogP contribution in [0.5, 0.6) is 0 Å². The van der Waals surface area contributed by atoms with Gasteiger partial charge in [0.05, 0.1) is 6.61 Å². The molecular weight excluding hydrogens is 345 g/mol. The van der Waals surface area contributed by atoms with E-state index < -0.39 is 0 Å². The minimum atomic E-state index is 0.609. The molecule has 0 aliphatic carbocycles. The number of hydrogen-bond donors (Lipinski definition) is 1. The Kier molecular flexibility index (Phi) is 25.5. The van der Waals surface area contributed by atoms with Crippen molar-refractivity contribution in [2.24, 2.45) is 5.73 Å². The lowest BCUT2D eigenvalue weighted by Gasteiger charge is -2.06. The molecule has 0 aromatic rings. The minimum absolute atomic E-state index is 0.609. The molecule has 0 saturated heterocycles. The van der Waals surface area contributed by atoms with Gasteiger partial charge in [-0.15, -0.1) is 0 Å². The summed E-state index contributed by atoms with van der Waals surface area (Å²) in [6.45, 7) is 7.23. The number of ether oxygens (including phenoxy) is 2. The van der Waals surface area contributed by atoms with Crippen molar-refractivity contribution in [1.82, 2.24) is 0 Å². The molecular formula is C21H46NO3P. The van der Waals surface area contributed by atoms with Crippen LogP contribution in [0.4, 0.5) is 0 Å². The highest BCUT2D eigenvalue weighted by Gasteiger charge is 1.95. The molecule has 0 aliphatic rings. The Morgan fingerprint density at radius 2 is 1.08 bits per heavy atom. The Balaban J connectivity index is 2.95. The van der Waals surface area contributed by atoms with Gasteiger partial charge in [0.1, 0.15) is 0 Å². The Morgan fingerprint density at radius 1 is 0.577 bits per heavy atom. The van der Waals surface area contributed by atoms with Crippen LogP contribution in [-0.2, 0) is 14.0 Å². The Morgan fingerprint density at radius 3 is 1.62 bits per heavy atom. The van der Waals surface area contributed by atoms with Gasteiger partial charge in [-0.05, 0) is 45.3 Å². The summed E-state index contributed by atoms with van der Waals surface area (Å²) in [5, 5.41) is 0. The van der Waals surface area contributed by atoms with Crippen LogP contribution < -0.4 is 5.73 Å². The van der Waals surface area contributed by atoms with Gasteiger partial charge in [0.25, 0.3) is 0 Å². The number of rotatable bonds is 23. The van der Waals surface area contributed by atoms with Crippen LogP contribution in [0.3, 0.4) is 0 Å². The van der Waals surface area contributed by atoms with E-state index in [1.807, 2.05) is 0 Å². The van der Waals surface area contributed by atoms with E-state index in [9.17, 15) is 0 Å². The molecule has 0 radical (unpaired) electrons. The van der Waals surface area contributed by atoms with Crippen LogP contribution in [0.1, 0.15) is 90.4 Å². The Bertz CT molecular complexity index is 221. The molecule has 0 aromatic carbocycles. The van der Waals surface area contributed by atoms with E-state index in [1.54, 1.807) is 0 Å². The highest BCUT2D eigenvalue weighted by molar-refractivity contribution is 7.32. The lowest BCUT2D eigenvalue weighted by Crippen LogP contribution is -2.01. The molecule has 0 saturated carbocycles. The molecule has 0 aliphatic heterocycles. The van der Waals surface area contributed by atoms with Gasteiger partial charge in [0.15, 0.2) is 0 Å². The summed E-state index contributed by atoms with van der Waals surface area (Å²) in [6.07, 6.45) is 18.0. The van der Waals surface area contributed by atoms with Gasteiger partial charge in [-0.3, -0.25) is 0 Å². The molecule has 0 spiro atoms. The van der Waals surface area contributed by atoms with E-state index in [0.717, 1.165) is 58.6 Å². The van der Waals surface area contributed by atoms with Gasteiger partial charge in [0.2, 0.25) is 0 Å². The quantitative estimate of drug-likeness (QED) is 0.180. The fourth-order valence-corrected chi connectivity index (χ4v) is 3.58. The largest absolute Gasteiger partial charge is 0.382 e. The third-order valence-corrected chi connectivity index (χ3v) is 5.37. The summed E-state index contributed by atoms with van der Waals surface area (Å²) in [6, 6.07) is 0. The monoisotopic (exact) mass is 391 g/mol. The van der Waals surface area contributed by atoms with Gasteiger partial charge < -0.3 is 19.7 Å². The zero-order valence-electron chi connectivity index (χ0n) is 17.4. The summed E-state index contributed by atoms with van der Waals surface area (Å²) >= 11 is 0. The van der Waals surface area contributed by atoms with Crippen molar-refractivity contribution in [2.45, 2.75) is 90.4 Å². The first-order chi connectivity index (χ1) is 12.9. The average molecular weight is 392 g/mol. The maximum Gasteiger partial charge on any atom is 0.0527 e. The zero-order valence-corrected chi connectivity index (χ0v) is 18.4. The second-order valence-corrected chi connectivity index (χ2v) is 8.01. The summed E-state index contributed by atoms with van der Waals surface area (Å²) in [4.78, 5) is 0. The highest BCUT2D eigenvalue weighted by Crippen LogP contribution is 2.13. The first kappa shape index (κ1) is 26.3. The van der Waals surface area contributed by atoms with E-state index in [4.69, 9.17) is 19.7 Å². The van der Waals surface area contributed by atoms with E-state index in [0.29, 0.717) is 8.81 Å². The fraction of sp³-hybridized carbons (Fsp3) is 1.00. The third kappa shape index (κ3) is 24.3. The standard InChI is InChI=1S/C21H46NO3P/c1-2-23-17-12-10-8-6-4-3-5-7-9-11-13-18-24-19-15-20-25-26-21-14-16-22/h26H,2-22H2,1H3. The lowest BCUT2D eigenvalue weighted by atomic mass is 10.1. The van der Waals surface area contributed by atoms with E-state index in [1.165, 1.54) is 70.6 Å². The van der Waals surface area contributed by atoms with Gasteiger partial charge in [0, 0.05) is 35.2 Å². The molecule has 0 aromatic heterocycles. The molecule has 2 N–H and O–H groups in total. The minimum Gasteiger partial charge on any atom is -0.382 e. The van der Waals surface area contributed by atoms with Crippen molar-refractivity contribution in [3.63, 3.8) is 0 Å². The predicted molar refractivity (Wildman–Crippen MR) is 116 cm³/mol. The summed E-state index contributed by atoms with van der Waals surface area (Å²) in [5.74, 6) is 0. The summed E-state index contributed by atoms with van der Waals surface area (Å²) < 4.78 is 16.6. The Hall–Kier alpha value is 0.270. The van der Waals surface area contributed by atoms with Crippen LogP contribution in [0, 0.1) is 0 Å². The van der Waals surface area contributed by atoms with E-state index in [-0.39, 0.29) is 0 Å². The molecule has 5 heteroatoms. The maximum atomic E-state index is 5.66. The van der Waals surface area contributed by atoms with Crippen molar-refractivity contribution in [3.8, 4) is 0 Å². The van der Waals surface area contributed by atoms with Crippen LogP contribution in [0.15, 0.2) is 0 Å².